The fourth-order valence-corrected chi connectivity index (χ4v) is 8.14. The van der Waals surface area contributed by atoms with E-state index >= 15 is 0 Å². The van der Waals surface area contributed by atoms with Gasteiger partial charge in [0.15, 0.2) is 0 Å². The maximum Gasteiger partial charge on any atom is 0.338 e. The number of allylic oxidation sites excluding steroid dienone is 19. The van der Waals surface area contributed by atoms with Crippen LogP contribution in [0.25, 0.3) is 0 Å². The Hall–Kier alpha value is -3.79. The van der Waals surface area contributed by atoms with Crippen molar-refractivity contribution in [3.63, 3.8) is 0 Å². The lowest BCUT2D eigenvalue weighted by Crippen LogP contribution is -2.19. The fourth-order valence-electron chi connectivity index (χ4n) is 8.14. The van der Waals surface area contributed by atoms with Gasteiger partial charge in [0.1, 0.15) is 6.29 Å². The molecule has 0 amide bonds. The summed E-state index contributed by atoms with van der Waals surface area (Å²) in [5.41, 5.74) is 10.6. The molecule has 60 heavy (non-hydrogen) atoms. The molecule has 0 aromatic carbocycles. The Morgan fingerprint density at radius 2 is 0.967 bits per heavy atom. The van der Waals surface area contributed by atoms with E-state index in [-0.39, 0.29) is 10.8 Å². The first-order chi connectivity index (χ1) is 28.5. The lowest BCUT2D eigenvalue weighted by molar-refractivity contribution is -0.156. The fraction of sp³-hybridized carbons (Fsp3) is 0.589. The lowest BCUT2D eigenvalue weighted by Gasteiger charge is -2.33. The Bertz CT molecular complexity index is 1640. The third-order valence-electron chi connectivity index (χ3n) is 11.9. The summed E-state index contributed by atoms with van der Waals surface area (Å²) in [4.78, 5) is 34.4. The molecule has 0 atom stereocenters. The molecule has 0 aromatic heterocycles. The van der Waals surface area contributed by atoms with Crippen molar-refractivity contribution in [2.24, 2.45) is 10.8 Å². The second-order valence-corrected chi connectivity index (χ2v) is 18.8. The monoisotopic (exact) mass is 823 g/mol. The summed E-state index contributed by atoms with van der Waals surface area (Å²) in [7, 11) is 0. The highest BCUT2D eigenvalue weighted by molar-refractivity contribution is 5.92. The van der Waals surface area contributed by atoms with Crippen LogP contribution in [0.3, 0.4) is 0 Å². The number of ether oxygens (including phenoxy) is 1. The number of unbranched alkanes of at least 4 members (excludes halogenated alkanes) is 12. The van der Waals surface area contributed by atoms with Crippen molar-refractivity contribution >= 4 is 18.2 Å². The topological polar surface area (TPSA) is 60.4 Å². The molecule has 0 fully saturated rings. The first kappa shape index (κ1) is 54.2. The zero-order valence-electron chi connectivity index (χ0n) is 40.3. The summed E-state index contributed by atoms with van der Waals surface area (Å²) in [6, 6.07) is 0. The normalized spacial score (nSPS) is 17.9. The summed E-state index contributed by atoms with van der Waals surface area (Å²) < 4.78 is 4.97. The number of hydrogen-bond acceptors (Lipinski definition) is 4. The van der Waals surface area contributed by atoms with E-state index in [1.165, 1.54) is 137 Å². The number of aldehydes is 1. The van der Waals surface area contributed by atoms with Crippen LogP contribution >= 0.6 is 0 Å². The molecule has 2 aliphatic carbocycles. The Balaban J connectivity index is 0.000000719. The smallest absolute Gasteiger partial charge is 0.338 e. The van der Waals surface area contributed by atoms with Gasteiger partial charge in [0.05, 0.1) is 0 Å². The molecule has 2 rings (SSSR count). The van der Waals surface area contributed by atoms with E-state index < -0.39 is 11.9 Å². The van der Waals surface area contributed by atoms with Crippen LogP contribution in [0.5, 0.6) is 0 Å². The predicted octanol–water partition coefficient (Wildman–Crippen LogP) is 16.8. The average molecular weight is 823 g/mol. The zero-order valence-corrected chi connectivity index (χ0v) is 40.3. The Kier molecular flexibility index (Phi) is 28.1. The standard InChI is InChI=1S/C36H58O3.C20H28O/c1-7-8-9-10-11-12-13-14-15-16-17-18-19-25-34(37)39-35(38)29-31(3)23-20-22-30(2)26-27-33-32(4)24-21-28-36(33,5)6;1-16(8-6-9-17(2)13-15-21)11-12-19-18(3)10-7-14-20(19,4)5/h20,22-23,26-27,29H,7-19,21,24-25,28H2,1-6H3;6,8-9,11-13,15H,7,10,14H2,1-5H3. The van der Waals surface area contributed by atoms with E-state index in [0.717, 1.165) is 42.3 Å². The highest BCUT2D eigenvalue weighted by atomic mass is 16.6. The number of carbonyl (C=O) groups is 3. The van der Waals surface area contributed by atoms with Gasteiger partial charge in [-0.25, -0.2) is 4.79 Å². The maximum absolute atomic E-state index is 12.1. The van der Waals surface area contributed by atoms with E-state index in [2.05, 4.69) is 92.7 Å². The van der Waals surface area contributed by atoms with E-state index in [9.17, 15) is 14.4 Å². The largest absolute Gasteiger partial charge is 0.390 e. The lowest BCUT2D eigenvalue weighted by atomic mass is 9.72. The minimum atomic E-state index is -0.584. The van der Waals surface area contributed by atoms with Crippen LogP contribution in [0.15, 0.2) is 117 Å². The highest BCUT2D eigenvalue weighted by Gasteiger charge is 2.27. The molecule has 0 aliphatic heterocycles. The Labute approximate surface area is 369 Å². The molecule has 0 heterocycles. The van der Waals surface area contributed by atoms with E-state index in [4.69, 9.17) is 4.74 Å². The number of hydrogen-bond donors (Lipinski definition) is 0. The van der Waals surface area contributed by atoms with Crippen LogP contribution in [0.1, 0.15) is 205 Å². The van der Waals surface area contributed by atoms with Crippen molar-refractivity contribution in [3.8, 4) is 0 Å². The third-order valence-corrected chi connectivity index (χ3v) is 11.9. The van der Waals surface area contributed by atoms with Gasteiger partial charge in [-0.05, 0) is 126 Å². The quantitative estimate of drug-likeness (QED) is 0.0243. The van der Waals surface area contributed by atoms with Crippen LogP contribution in [0.2, 0.25) is 0 Å². The molecule has 4 nitrogen and oxygen atoms in total. The molecule has 0 spiro atoms. The predicted molar refractivity (Wildman–Crippen MR) is 260 cm³/mol. The van der Waals surface area contributed by atoms with Gasteiger partial charge in [-0.15, -0.1) is 0 Å². The molecule has 0 N–H and O–H groups in total. The van der Waals surface area contributed by atoms with Crippen LogP contribution in [0, 0.1) is 10.8 Å². The zero-order chi connectivity index (χ0) is 44.8. The Morgan fingerprint density at radius 1 is 0.567 bits per heavy atom. The molecule has 0 bridgehead atoms. The molecule has 0 unspecified atom stereocenters. The first-order valence-corrected chi connectivity index (χ1v) is 23.5. The van der Waals surface area contributed by atoms with E-state index in [1.54, 1.807) is 6.08 Å². The summed E-state index contributed by atoms with van der Waals surface area (Å²) >= 11 is 0. The van der Waals surface area contributed by atoms with Crippen molar-refractivity contribution in [2.75, 3.05) is 0 Å². The second-order valence-electron chi connectivity index (χ2n) is 18.8. The third kappa shape index (κ3) is 25.1. The van der Waals surface area contributed by atoms with Crippen LogP contribution in [-0.4, -0.2) is 18.2 Å². The van der Waals surface area contributed by atoms with Gasteiger partial charge < -0.3 is 4.74 Å². The number of rotatable bonds is 24. The molecular weight excluding hydrogens is 737 g/mol. The molecule has 0 aromatic rings. The van der Waals surface area contributed by atoms with Gasteiger partial charge in [-0.3, -0.25) is 9.59 Å². The molecule has 334 valence electrons. The molecule has 0 saturated heterocycles. The van der Waals surface area contributed by atoms with Gasteiger partial charge >= 0.3 is 11.9 Å². The van der Waals surface area contributed by atoms with E-state index in [0.29, 0.717) is 6.42 Å². The Morgan fingerprint density at radius 3 is 1.38 bits per heavy atom. The molecular formula is C56H86O4. The highest BCUT2D eigenvalue weighted by Crippen LogP contribution is 2.41. The van der Waals surface area contributed by atoms with Crippen LogP contribution in [-0.2, 0) is 19.1 Å². The SMILES string of the molecule is CC(C=CC=C(C)C=CC1=C(C)CCCC1(C)C)=CC=O.CCCCCCCCCCCCCCCC(=O)OC(=O)C=C(C)C=CC=C(C)C=CC1=C(C)CCCC1(C)C. The minimum absolute atomic E-state index is 0.235. The average Bonchev–Trinajstić information content (AvgIpc) is 3.16. The second kappa shape index (κ2) is 31.1. The maximum atomic E-state index is 12.1. The molecule has 4 heteroatoms. The summed E-state index contributed by atoms with van der Waals surface area (Å²) in [6.07, 6.45) is 48.7. The van der Waals surface area contributed by atoms with Crippen molar-refractivity contribution in [1.29, 1.82) is 0 Å². The summed E-state index contributed by atoms with van der Waals surface area (Å²) in [6.45, 7) is 24.0. The molecule has 2 aliphatic rings. The van der Waals surface area contributed by atoms with E-state index in [1.807, 2.05) is 44.2 Å². The number of carbonyl (C=O) groups excluding carboxylic acids is 3. The van der Waals surface area contributed by atoms with Crippen LogP contribution < -0.4 is 0 Å². The van der Waals surface area contributed by atoms with Gasteiger partial charge in [0.2, 0.25) is 0 Å². The van der Waals surface area contributed by atoms with Crippen molar-refractivity contribution < 1.29 is 19.1 Å². The van der Waals surface area contributed by atoms with Gasteiger partial charge in [-0.1, -0.05) is 195 Å². The van der Waals surface area contributed by atoms with Gasteiger partial charge in [0.25, 0.3) is 0 Å². The van der Waals surface area contributed by atoms with Crippen molar-refractivity contribution in [3.05, 3.63) is 117 Å². The number of esters is 2. The summed E-state index contributed by atoms with van der Waals surface area (Å²) in [5.74, 6) is -1.01. The molecule has 0 saturated carbocycles. The first-order valence-electron chi connectivity index (χ1n) is 23.5. The van der Waals surface area contributed by atoms with Crippen molar-refractivity contribution in [1.82, 2.24) is 0 Å². The molecule has 0 radical (unpaired) electrons. The van der Waals surface area contributed by atoms with Gasteiger partial charge in [0, 0.05) is 12.5 Å². The minimum Gasteiger partial charge on any atom is -0.390 e. The van der Waals surface area contributed by atoms with Crippen LogP contribution in [0.4, 0.5) is 0 Å². The van der Waals surface area contributed by atoms with Crippen molar-refractivity contribution in [2.45, 2.75) is 205 Å². The van der Waals surface area contributed by atoms with Gasteiger partial charge in [-0.2, -0.15) is 0 Å². The summed E-state index contributed by atoms with van der Waals surface area (Å²) in [5, 5.41) is 0.